The average molecular weight is 441 g/mol. The minimum atomic E-state index is 0.0347. The highest BCUT2D eigenvalue weighted by Gasteiger charge is 2.38. The van der Waals surface area contributed by atoms with Crippen LogP contribution < -0.4 is 4.90 Å². The molecule has 0 N–H and O–H groups in total. The lowest BCUT2D eigenvalue weighted by Crippen LogP contribution is -2.40. The van der Waals surface area contributed by atoms with Gasteiger partial charge in [-0.15, -0.1) is 0 Å². The van der Waals surface area contributed by atoms with Crippen molar-refractivity contribution in [2.24, 2.45) is 4.99 Å². The van der Waals surface area contributed by atoms with Gasteiger partial charge in [0, 0.05) is 38.2 Å². The molecular formula is C23H25ClN4OS. The quantitative estimate of drug-likeness (QED) is 0.569. The van der Waals surface area contributed by atoms with Crippen LogP contribution >= 0.6 is 23.4 Å². The summed E-state index contributed by atoms with van der Waals surface area (Å²) in [6.45, 7) is 0. The maximum Gasteiger partial charge on any atom is 0.267 e. The molecule has 0 unspecified atom stereocenters. The Kier molecular flexibility index (Phi) is 6.44. The topological polar surface area (TPSA) is 48.8 Å². The number of thioether (sulfide) groups is 1. The van der Waals surface area contributed by atoms with E-state index in [9.17, 15) is 4.79 Å². The van der Waals surface area contributed by atoms with Gasteiger partial charge in [0.15, 0.2) is 5.17 Å². The molecule has 1 saturated carbocycles. The first-order chi connectivity index (χ1) is 14.5. The lowest BCUT2D eigenvalue weighted by molar-refractivity contribution is -0.124. The predicted octanol–water partition coefficient (Wildman–Crippen LogP) is 5.74. The largest absolute Gasteiger partial charge is 0.378 e. The fourth-order valence-corrected chi connectivity index (χ4v) is 5.02. The van der Waals surface area contributed by atoms with E-state index >= 15 is 0 Å². The van der Waals surface area contributed by atoms with Gasteiger partial charge in [-0.2, -0.15) is 0 Å². The molecule has 156 valence electrons. The van der Waals surface area contributed by atoms with Crippen LogP contribution in [-0.2, 0) is 4.79 Å². The summed E-state index contributed by atoms with van der Waals surface area (Å²) < 4.78 is 0. The molecule has 4 rings (SSSR count). The van der Waals surface area contributed by atoms with Crippen LogP contribution in [0.1, 0.15) is 37.7 Å². The van der Waals surface area contributed by atoms with Crippen LogP contribution in [0.3, 0.4) is 0 Å². The number of nitrogens with zero attached hydrogens (tertiary/aromatic N) is 4. The third-order valence-electron chi connectivity index (χ3n) is 5.45. The standard InChI is InChI=1S/C23H25ClN4OS/c1-27(2)17-10-8-16(9-11-17)14-21-22(29)28(18-6-4-3-5-7-18)23(30-21)26-20-12-13-25-15-19(20)24/h8-15,18H,3-7H2,1-2H3/b21-14-,26-23?. The molecule has 2 heterocycles. The summed E-state index contributed by atoms with van der Waals surface area (Å²) >= 11 is 7.71. The van der Waals surface area contributed by atoms with Gasteiger partial charge >= 0.3 is 0 Å². The van der Waals surface area contributed by atoms with Crippen molar-refractivity contribution in [3.63, 3.8) is 0 Å². The van der Waals surface area contributed by atoms with Gasteiger partial charge in [-0.3, -0.25) is 14.7 Å². The van der Waals surface area contributed by atoms with Gasteiger partial charge in [-0.05, 0) is 54.4 Å². The highest BCUT2D eigenvalue weighted by molar-refractivity contribution is 8.18. The number of halogens is 1. The number of carbonyl (C=O) groups is 1. The highest BCUT2D eigenvalue weighted by atomic mass is 35.5. The Morgan fingerprint density at radius 3 is 2.57 bits per heavy atom. The molecule has 2 fully saturated rings. The molecule has 2 aliphatic rings. The maximum absolute atomic E-state index is 13.4. The Morgan fingerprint density at radius 1 is 1.17 bits per heavy atom. The monoisotopic (exact) mass is 440 g/mol. The Balaban J connectivity index is 1.68. The number of aromatic nitrogens is 1. The van der Waals surface area contributed by atoms with Gasteiger partial charge in [0.05, 0.1) is 15.6 Å². The van der Waals surface area contributed by atoms with Crippen molar-refractivity contribution in [1.29, 1.82) is 0 Å². The first-order valence-electron chi connectivity index (χ1n) is 10.2. The van der Waals surface area contributed by atoms with Crippen LogP contribution in [-0.4, -0.2) is 41.1 Å². The van der Waals surface area contributed by atoms with Gasteiger partial charge in [0.25, 0.3) is 5.91 Å². The van der Waals surface area contributed by atoms with Crippen LogP contribution in [0.2, 0.25) is 5.02 Å². The number of benzene rings is 1. The molecule has 1 saturated heterocycles. The molecule has 2 aromatic rings. The highest BCUT2D eigenvalue weighted by Crippen LogP contribution is 2.39. The number of carbonyl (C=O) groups excluding carboxylic acids is 1. The zero-order valence-corrected chi connectivity index (χ0v) is 18.8. The van der Waals surface area contributed by atoms with Crippen molar-refractivity contribution in [3.8, 4) is 0 Å². The van der Waals surface area contributed by atoms with E-state index in [2.05, 4.69) is 22.0 Å². The smallest absolute Gasteiger partial charge is 0.267 e. The maximum atomic E-state index is 13.4. The number of anilines is 1. The molecule has 0 spiro atoms. The van der Waals surface area contributed by atoms with Crippen molar-refractivity contribution in [3.05, 3.63) is 58.2 Å². The van der Waals surface area contributed by atoms with Crippen molar-refractivity contribution < 1.29 is 4.79 Å². The van der Waals surface area contributed by atoms with Gasteiger partial charge < -0.3 is 4.90 Å². The molecule has 0 bridgehead atoms. The summed E-state index contributed by atoms with van der Waals surface area (Å²) in [5, 5.41) is 1.19. The summed E-state index contributed by atoms with van der Waals surface area (Å²) in [5.74, 6) is 0.0347. The molecule has 0 atom stereocenters. The SMILES string of the molecule is CN(C)c1ccc(/C=C2\SC(=Nc3ccncc3Cl)N(C3CCCCC3)C2=O)cc1. The fraction of sp³-hybridized carbons (Fsp3) is 0.348. The first kappa shape index (κ1) is 20.9. The zero-order valence-electron chi connectivity index (χ0n) is 17.2. The summed E-state index contributed by atoms with van der Waals surface area (Å²) in [5.41, 5.74) is 2.77. The number of pyridine rings is 1. The van der Waals surface area contributed by atoms with E-state index in [0.717, 1.165) is 36.9 Å². The second-order valence-corrected chi connectivity index (χ2v) is 9.20. The molecule has 1 aromatic carbocycles. The third kappa shape index (κ3) is 4.55. The van der Waals surface area contributed by atoms with E-state index in [1.807, 2.05) is 37.2 Å². The van der Waals surface area contributed by atoms with Crippen molar-refractivity contribution in [2.45, 2.75) is 38.1 Å². The number of hydrogen-bond acceptors (Lipinski definition) is 5. The minimum absolute atomic E-state index is 0.0347. The molecule has 1 aliphatic heterocycles. The zero-order chi connectivity index (χ0) is 21.1. The molecule has 1 aromatic heterocycles. The number of aliphatic imine (C=N–C) groups is 1. The summed E-state index contributed by atoms with van der Waals surface area (Å²) in [6, 6.07) is 10.2. The van der Waals surface area contributed by atoms with E-state index in [-0.39, 0.29) is 11.9 Å². The Bertz CT molecular complexity index is 981. The molecule has 30 heavy (non-hydrogen) atoms. The van der Waals surface area contributed by atoms with Gasteiger partial charge in [-0.1, -0.05) is 43.0 Å². The van der Waals surface area contributed by atoms with Crippen LogP contribution in [0, 0.1) is 0 Å². The van der Waals surface area contributed by atoms with Crippen LogP contribution in [0.15, 0.2) is 52.6 Å². The molecule has 7 heteroatoms. The van der Waals surface area contributed by atoms with Gasteiger partial charge in [0.2, 0.25) is 0 Å². The first-order valence-corrected chi connectivity index (χ1v) is 11.4. The Morgan fingerprint density at radius 2 is 1.90 bits per heavy atom. The second-order valence-electron chi connectivity index (χ2n) is 7.79. The van der Waals surface area contributed by atoms with E-state index < -0.39 is 0 Å². The Hall–Kier alpha value is -2.31. The number of rotatable bonds is 4. The molecule has 0 radical (unpaired) electrons. The van der Waals surface area contributed by atoms with E-state index in [0.29, 0.717) is 20.8 Å². The average Bonchev–Trinajstić information content (AvgIpc) is 3.05. The van der Waals surface area contributed by atoms with Crippen molar-refractivity contribution in [2.75, 3.05) is 19.0 Å². The summed E-state index contributed by atoms with van der Waals surface area (Å²) in [7, 11) is 4.03. The second kappa shape index (κ2) is 9.23. The molecule has 5 nitrogen and oxygen atoms in total. The Labute approximate surface area is 186 Å². The number of hydrogen-bond donors (Lipinski definition) is 0. The number of amidine groups is 1. The van der Waals surface area contributed by atoms with Crippen LogP contribution in [0.5, 0.6) is 0 Å². The predicted molar refractivity (Wildman–Crippen MR) is 126 cm³/mol. The van der Waals surface area contributed by atoms with Crippen LogP contribution in [0.25, 0.3) is 6.08 Å². The van der Waals surface area contributed by atoms with Gasteiger partial charge in [0.1, 0.15) is 0 Å². The van der Waals surface area contributed by atoms with Crippen molar-refractivity contribution >= 4 is 51.9 Å². The summed E-state index contributed by atoms with van der Waals surface area (Å²) in [6.07, 6.45) is 10.8. The fourth-order valence-electron chi connectivity index (χ4n) is 3.81. The number of amides is 1. The van der Waals surface area contributed by atoms with Crippen LogP contribution in [0.4, 0.5) is 11.4 Å². The van der Waals surface area contributed by atoms with E-state index in [1.165, 1.54) is 18.2 Å². The van der Waals surface area contributed by atoms with E-state index in [1.54, 1.807) is 18.5 Å². The third-order valence-corrected chi connectivity index (χ3v) is 6.73. The molecule has 1 aliphatic carbocycles. The molecule has 1 amide bonds. The molecular weight excluding hydrogens is 416 g/mol. The lowest BCUT2D eigenvalue weighted by Gasteiger charge is -2.30. The van der Waals surface area contributed by atoms with E-state index in [4.69, 9.17) is 16.6 Å². The lowest BCUT2D eigenvalue weighted by atomic mass is 9.94. The normalized spacial score (nSPS) is 20.4. The summed E-state index contributed by atoms with van der Waals surface area (Å²) in [4.78, 5) is 26.8. The van der Waals surface area contributed by atoms with Crippen molar-refractivity contribution in [1.82, 2.24) is 9.88 Å². The van der Waals surface area contributed by atoms with Gasteiger partial charge in [-0.25, -0.2) is 4.99 Å². The minimum Gasteiger partial charge on any atom is -0.378 e.